The largest absolute Gasteiger partial charge is 0.464 e. The maximum atomic E-state index is 11.4. The lowest BCUT2D eigenvalue weighted by atomic mass is 10.2. The second kappa shape index (κ2) is 16.2. The third-order valence-corrected chi connectivity index (χ3v) is 5.20. The van der Waals surface area contributed by atoms with Crippen molar-refractivity contribution in [1.29, 1.82) is 0 Å². The lowest BCUT2D eigenvalue weighted by molar-refractivity contribution is -0.445. The zero-order valence-corrected chi connectivity index (χ0v) is 15.8. The van der Waals surface area contributed by atoms with Gasteiger partial charge in [0.25, 0.3) is 0 Å². The number of ether oxygens (including phenoxy) is 1. The minimum Gasteiger partial charge on any atom is -0.464 e. The Morgan fingerprint density at radius 3 is 2.28 bits per heavy atom. The first kappa shape index (κ1) is 31.4. The third-order valence-electron chi connectivity index (χ3n) is 2.02. The Morgan fingerprint density at radius 2 is 1.88 bits per heavy atom. The summed E-state index contributed by atoms with van der Waals surface area (Å²) in [6, 6.07) is 5.82. The molecule has 3 N–H and O–H groups in total. The fourth-order valence-electron chi connectivity index (χ4n) is 0.988. The first-order valence-corrected chi connectivity index (χ1v) is 8.80. The molecule has 0 atom stereocenters. The molecule has 0 radical (unpaired) electrons. The normalized spacial score (nSPS) is 9.36. The molecule has 0 aliphatic rings. The van der Waals surface area contributed by atoms with Crippen molar-refractivity contribution in [2.24, 2.45) is 5.92 Å². The van der Waals surface area contributed by atoms with Crippen molar-refractivity contribution >= 4 is 27.6 Å². The van der Waals surface area contributed by atoms with Crippen LogP contribution in [0.4, 0.5) is 0 Å². The van der Waals surface area contributed by atoms with Gasteiger partial charge in [0, 0.05) is 11.1 Å². The molecule has 7 nitrogen and oxygen atoms in total. The fourth-order valence-corrected chi connectivity index (χ4v) is 3.02. The average molecular weight is 396 g/mol. The van der Waals surface area contributed by atoms with Gasteiger partial charge in [0.2, 0.25) is 0 Å². The zero-order chi connectivity index (χ0) is 17.2. The summed E-state index contributed by atoms with van der Waals surface area (Å²) in [5.41, 5.74) is 0. The molecule has 25 heavy (non-hydrogen) atoms. The molecule has 1 heterocycles. The maximum absolute atomic E-state index is 11.4. The monoisotopic (exact) mass is 395 g/mol. The lowest BCUT2D eigenvalue weighted by Crippen LogP contribution is -2.25. The van der Waals surface area contributed by atoms with Gasteiger partial charge in [-0.15, -0.1) is 0 Å². The van der Waals surface area contributed by atoms with E-state index in [4.69, 9.17) is 14.9 Å². The molecule has 1 rings (SSSR count). The van der Waals surface area contributed by atoms with Crippen LogP contribution < -0.4 is 6.15 Å². The van der Waals surface area contributed by atoms with Gasteiger partial charge in [-0.2, -0.15) is 0 Å². The molecule has 0 aromatic carbocycles. The number of carbonyl (C=O) groups is 1. The summed E-state index contributed by atoms with van der Waals surface area (Å²) in [6.45, 7) is 8.20. The van der Waals surface area contributed by atoms with Crippen LogP contribution in [-0.4, -0.2) is 34.3 Å². The van der Waals surface area contributed by atoms with Gasteiger partial charge in [0.05, 0.1) is 10.7 Å². The average Bonchev–Trinajstić information content (AvgIpc) is 2.43. The van der Waals surface area contributed by atoms with Crippen molar-refractivity contribution in [1.82, 2.24) is 11.1 Å². The smallest absolute Gasteiger partial charge is 0.308 e. The minimum atomic E-state index is -0.500. The molecule has 0 aliphatic carbocycles. The topological polar surface area (TPSA) is 117 Å². The van der Waals surface area contributed by atoms with E-state index in [1.54, 1.807) is 27.8 Å². The highest BCUT2D eigenvalue weighted by Crippen LogP contribution is 2.39. The number of esters is 1. The van der Waals surface area contributed by atoms with Gasteiger partial charge < -0.3 is 10.9 Å². The van der Waals surface area contributed by atoms with E-state index in [1.807, 2.05) is 32.0 Å². The Balaban J connectivity index is -0.000000285. The van der Waals surface area contributed by atoms with E-state index in [0.29, 0.717) is 6.61 Å². The number of nitro groups is 1. The number of nitrogens with zero attached hydrogens (tertiary/aromatic N) is 2. The molecule has 0 unspecified atom stereocenters. The van der Waals surface area contributed by atoms with Crippen molar-refractivity contribution in [3.8, 4) is 0 Å². The third kappa shape index (κ3) is 18.9. The molecule has 1 aromatic heterocycles. The highest BCUT2D eigenvalue weighted by molar-refractivity contribution is 8.77. The minimum absolute atomic E-state index is 0. The standard InChI is InChI=1S/C13H19NO2S2.CH3NO2.2CH4.H3N/c1-10(2)12(15)16-9-13(3,4)18-17-11-7-5-6-8-14-11;1-2(3)4;;;/h5-8,10H,9H2,1-4H3;1H3;2*1H4;1H3. The van der Waals surface area contributed by atoms with Crippen LogP contribution in [0, 0.1) is 16.0 Å². The van der Waals surface area contributed by atoms with E-state index in [0.717, 1.165) is 12.1 Å². The van der Waals surface area contributed by atoms with Crippen LogP contribution in [0.5, 0.6) is 0 Å². The Hall–Kier alpha value is -1.32. The molecule has 0 spiro atoms. The van der Waals surface area contributed by atoms with Gasteiger partial charge in [-0.05, 0) is 36.8 Å². The van der Waals surface area contributed by atoms with Gasteiger partial charge >= 0.3 is 5.97 Å². The molecule has 9 heteroatoms. The lowest BCUT2D eigenvalue weighted by Gasteiger charge is -2.23. The summed E-state index contributed by atoms with van der Waals surface area (Å²) < 4.78 is 5.13. The predicted molar refractivity (Wildman–Crippen MR) is 109 cm³/mol. The van der Waals surface area contributed by atoms with Crippen LogP contribution in [0.2, 0.25) is 0 Å². The van der Waals surface area contributed by atoms with Crippen LogP contribution in [0.3, 0.4) is 0 Å². The second-order valence-electron chi connectivity index (χ2n) is 5.30. The van der Waals surface area contributed by atoms with Gasteiger partial charge in [-0.3, -0.25) is 14.9 Å². The SMILES string of the molecule is C.C.CC(C)C(=O)OCC(C)(C)SSc1ccccn1.C[N+](=O)[O-].N. The highest BCUT2D eigenvalue weighted by Gasteiger charge is 2.23. The van der Waals surface area contributed by atoms with Crippen molar-refractivity contribution in [2.45, 2.75) is 52.3 Å². The first-order valence-electron chi connectivity index (χ1n) is 6.65. The molecule has 0 saturated carbocycles. The first-order chi connectivity index (χ1) is 10.1. The number of hydrogen-bond acceptors (Lipinski definition) is 8. The van der Waals surface area contributed by atoms with Crippen LogP contribution in [0.1, 0.15) is 42.5 Å². The van der Waals surface area contributed by atoms with Crippen LogP contribution >= 0.6 is 21.6 Å². The van der Waals surface area contributed by atoms with Gasteiger partial charge in [0.1, 0.15) is 11.6 Å². The van der Waals surface area contributed by atoms with Crippen molar-refractivity contribution < 1.29 is 14.5 Å². The Kier molecular flexibility index (Phi) is 20.3. The molecule has 0 fully saturated rings. The van der Waals surface area contributed by atoms with E-state index < -0.39 is 4.92 Å². The Labute approximate surface area is 159 Å². The summed E-state index contributed by atoms with van der Waals surface area (Å²) in [6.07, 6.45) is 1.77. The summed E-state index contributed by atoms with van der Waals surface area (Å²) in [7, 11) is 4.15. The summed E-state index contributed by atoms with van der Waals surface area (Å²) in [4.78, 5) is 24.0. The van der Waals surface area contributed by atoms with Crippen molar-refractivity contribution in [3.63, 3.8) is 0 Å². The summed E-state index contributed by atoms with van der Waals surface area (Å²) in [5, 5.41) is 9.77. The van der Waals surface area contributed by atoms with E-state index in [9.17, 15) is 4.79 Å². The molecular weight excluding hydrogens is 362 g/mol. The maximum Gasteiger partial charge on any atom is 0.308 e. The molecule has 1 aromatic rings. The molecule has 0 aliphatic heterocycles. The van der Waals surface area contributed by atoms with E-state index in [1.165, 1.54) is 0 Å². The van der Waals surface area contributed by atoms with Gasteiger partial charge in [-0.25, -0.2) is 4.98 Å². The number of hydrogen-bond donors (Lipinski definition) is 1. The van der Waals surface area contributed by atoms with Crippen LogP contribution in [-0.2, 0) is 9.53 Å². The van der Waals surface area contributed by atoms with Crippen LogP contribution in [0.25, 0.3) is 0 Å². The number of rotatable bonds is 6. The molecule has 0 bridgehead atoms. The zero-order valence-electron chi connectivity index (χ0n) is 14.1. The predicted octanol–water partition coefficient (Wildman–Crippen LogP) is 5.13. The number of carbonyl (C=O) groups excluding carboxylic acids is 1. The molecule has 0 amide bonds. The fraction of sp³-hybridized carbons (Fsp3) is 0.625. The molecule has 0 saturated heterocycles. The Morgan fingerprint density at radius 1 is 1.36 bits per heavy atom. The number of pyridine rings is 1. The molecular formula is C16H33N3O4S2. The quantitative estimate of drug-likeness (QED) is 0.305. The number of aromatic nitrogens is 1. The summed E-state index contributed by atoms with van der Waals surface area (Å²) in [5.74, 6) is -0.222. The van der Waals surface area contributed by atoms with Crippen molar-refractivity contribution in [3.05, 3.63) is 34.5 Å². The molecule has 148 valence electrons. The van der Waals surface area contributed by atoms with Crippen LogP contribution in [0.15, 0.2) is 29.4 Å². The van der Waals surface area contributed by atoms with E-state index >= 15 is 0 Å². The second-order valence-corrected chi connectivity index (χ2v) is 8.15. The highest BCUT2D eigenvalue weighted by atomic mass is 33.1. The van der Waals surface area contributed by atoms with Gasteiger partial charge in [0.15, 0.2) is 7.05 Å². The summed E-state index contributed by atoms with van der Waals surface area (Å²) >= 11 is 0. The van der Waals surface area contributed by atoms with E-state index in [2.05, 4.69) is 18.8 Å². The van der Waals surface area contributed by atoms with Gasteiger partial charge in [-0.1, -0.05) is 45.6 Å². The van der Waals surface area contributed by atoms with Crippen molar-refractivity contribution in [2.75, 3.05) is 13.7 Å². The van der Waals surface area contributed by atoms with E-state index in [-0.39, 0.29) is 37.6 Å². The Bertz CT molecular complexity index is 468.